The molecule has 3 aliphatic rings. The van der Waals surface area contributed by atoms with Gasteiger partial charge in [-0.1, -0.05) is 26.3 Å². The smallest absolute Gasteiger partial charge is 0.290 e. The molecule has 0 spiro atoms. The number of hydrogen-bond donors (Lipinski definition) is 1. The second kappa shape index (κ2) is 10.2. The first kappa shape index (κ1) is 23.6. The lowest BCUT2D eigenvalue weighted by atomic mass is 9.77. The molecule has 1 fully saturated rings. The van der Waals surface area contributed by atoms with Gasteiger partial charge in [0.1, 0.15) is 6.10 Å². The molecule has 0 aromatic heterocycles. The summed E-state index contributed by atoms with van der Waals surface area (Å²) in [4.78, 5) is 28.6. The second-order valence-corrected chi connectivity index (χ2v) is 9.57. The molecule has 0 saturated heterocycles. The summed E-state index contributed by atoms with van der Waals surface area (Å²) in [6.45, 7) is 5.18. The van der Waals surface area contributed by atoms with Crippen molar-refractivity contribution in [2.24, 2.45) is 11.8 Å². The number of ketones is 1. The summed E-state index contributed by atoms with van der Waals surface area (Å²) in [7, 11) is 1.59. The Morgan fingerprint density at radius 2 is 1.97 bits per heavy atom. The van der Waals surface area contributed by atoms with E-state index in [-0.39, 0.29) is 36.1 Å². The number of rotatable bonds is 9. The first-order valence-electron chi connectivity index (χ1n) is 12.1. The highest BCUT2D eigenvalue weighted by molar-refractivity contribution is 6.11. The summed E-state index contributed by atoms with van der Waals surface area (Å²) in [6.07, 6.45) is 4.76. The van der Waals surface area contributed by atoms with Gasteiger partial charge in [0.25, 0.3) is 5.91 Å². The number of nitrogens with zero attached hydrogens (tertiary/aromatic N) is 1. The zero-order valence-corrected chi connectivity index (χ0v) is 19.8. The van der Waals surface area contributed by atoms with E-state index in [0.29, 0.717) is 42.6 Å². The average Bonchev–Trinajstić information content (AvgIpc) is 3.09. The number of benzene rings is 1. The molecule has 1 amide bonds. The molecule has 0 bridgehead atoms. The average molecular weight is 458 g/mol. The van der Waals surface area contributed by atoms with E-state index in [4.69, 9.17) is 14.2 Å². The van der Waals surface area contributed by atoms with Crippen LogP contribution in [0.4, 0.5) is 0 Å². The fourth-order valence-electron chi connectivity index (χ4n) is 5.09. The van der Waals surface area contributed by atoms with Crippen LogP contribution in [-0.2, 0) is 14.3 Å². The van der Waals surface area contributed by atoms with Gasteiger partial charge in [0.2, 0.25) is 0 Å². The van der Waals surface area contributed by atoms with E-state index in [0.717, 1.165) is 37.7 Å². The van der Waals surface area contributed by atoms with E-state index in [1.807, 2.05) is 18.2 Å². The van der Waals surface area contributed by atoms with Crippen molar-refractivity contribution >= 4 is 11.7 Å². The van der Waals surface area contributed by atoms with Crippen molar-refractivity contribution in [3.63, 3.8) is 0 Å². The number of carbonyl (C=O) groups excluding carboxylic acids is 2. The van der Waals surface area contributed by atoms with Crippen molar-refractivity contribution in [1.29, 1.82) is 0 Å². The fourth-order valence-corrected chi connectivity index (χ4v) is 5.09. The molecular weight excluding hydrogens is 422 g/mol. The summed E-state index contributed by atoms with van der Waals surface area (Å²) in [5.41, 5.74) is 1.24. The maximum Gasteiger partial charge on any atom is 0.290 e. The molecule has 33 heavy (non-hydrogen) atoms. The lowest BCUT2D eigenvalue weighted by Crippen LogP contribution is -2.39. The number of ether oxygens (including phenoxy) is 3. The molecule has 2 aliphatic heterocycles. The third-order valence-corrected chi connectivity index (χ3v) is 6.87. The summed E-state index contributed by atoms with van der Waals surface area (Å²) in [6, 6.07) is 5.05. The highest BCUT2D eigenvalue weighted by Gasteiger charge is 2.51. The summed E-state index contributed by atoms with van der Waals surface area (Å²) >= 11 is 0. The highest BCUT2D eigenvalue weighted by Crippen LogP contribution is 2.47. The molecule has 3 atom stereocenters. The van der Waals surface area contributed by atoms with Crippen LogP contribution in [0.1, 0.15) is 64.0 Å². The highest BCUT2D eigenvalue weighted by atomic mass is 16.5. The van der Waals surface area contributed by atoms with Crippen LogP contribution in [0.5, 0.6) is 11.5 Å². The number of aliphatic hydroxyl groups is 1. The molecular formula is C26H35NO6. The van der Waals surface area contributed by atoms with E-state index < -0.39 is 6.04 Å². The molecule has 3 unspecified atom stereocenters. The predicted octanol–water partition coefficient (Wildman–Crippen LogP) is 3.80. The third kappa shape index (κ3) is 4.60. The monoisotopic (exact) mass is 457 g/mol. The second-order valence-electron chi connectivity index (χ2n) is 9.57. The Hall–Kier alpha value is -2.54. The minimum absolute atomic E-state index is 0.0297. The van der Waals surface area contributed by atoms with Gasteiger partial charge < -0.3 is 24.2 Å². The van der Waals surface area contributed by atoms with Crippen LogP contribution < -0.4 is 9.47 Å². The molecule has 4 rings (SSSR count). The Morgan fingerprint density at radius 1 is 1.18 bits per heavy atom. The normalized spacial score (nSPS) is 24.6. The quantitative estimate of drug-likeness (QED) is 0.607. The van der Waals surface area contributed by atoms with Gasteiger partial charge in [-0.3, -0.25) is 9.59 Å². The fraction of sp³-hybridized carbons (Fsp3) is 0.615. The molecule has 7 heteroatoms. The van der Waals surface area contributed by atoms with Crippen LogP contribution in [0, 0.1) is 11.8 Å². The number of aliphatic hydroxyl groups excluding tert-OH is 1. The molecule has 1 N–H and O–H groups in total. The van der Waals surface area contributed by atoms with Crippen LogP contribution in [0.25, 0.3) is 0 Å². The van der Waals surface area contributed by atoms with Gasteiger partial charge >= 0.3 is 0 Å². The Kier molecular flexibility index (Phi) is 7.27. The van der Waals surface area contributed by atoms with Crippen molar-refractivity contribution in [3.8, 4) is 11.5 Å². The topological polar surface area (TPSA) is 85.3 Å². The maximum atomic E-state index is 13.6. The van der Waals surface area contributed by atoms with Crippen molar-refractivity contribution < 1.29 is 28.9 Å². The van der Waals surface area contributed by atoms with E-state index in [1.54, 1.807) is 12.0 Å². The van der Waals surface area contributed by atoms with E-state index in [2.05, 4.69) is 13.8 Å². The number of amides is 1. The Bertz CT molecular complexity index is 923. The molecule has 1 aromatic carbocycles. The SMILES string of the molecule is COc1cc(C2C3=C(OC4CCCCC4C3=O)C(=O)N2CCCO)ccc1OCCC(C)C. The molecule has 7 nitrogen and oxygen atoms in total. The zero-order chi connectivity index (χ0) is 23.5. The van der Waals surface area contributed by atoms with Crippen LogP contribution in [-0.4, -0.2) is 54.7 Å². The molecule has 180 valence electrons. The summed E-state index contributed by atoms with van der Waals surface area (Å²) in [5, 5.41) is 9.40. The van der Waals surface area contributed by atoms with Crippen LogP contribution in [0.2, 0.25) is 0 Å². The standard InChI is InChI=1S/C26H35NO6/c1-16(2)11-14-32-20-10-9-17(15-21(20)31-3)23-22-24(29)18-7-4-5-8-19(18)33-25(22)26(30)27(23)12-6-13-28/h9-10,15-16,18-19,23,28H,4-8,11-14H2,1-3H3. The molecule has 1 saturated carbocycles. The Morgan fingerprint density at radius 3 is 2.70 bits per heavy atom. The van der Waals surface area contributed by atoms with Gasteiger partial charge in [0, 0.05) is 13.2 Å². The van der Waals surface area contributed by atoms with Crippen molar-refractivity contribution in [2.75, 3.05) is 26.9 Å². The number of methoxy groups -OCH3 is 1. The predicted molar refractivity (Wildman–Crippen MR) is 123 cm³/mol. The summed E-state index contributed by atoms with van der Waals surface area (Å²) < 4.78 is 17.7. The Balaban J connectivity index is 1.69. The first-order valence-corrected chi connectivity index (χ1v) is 12.1. The largest absolute Gasteiger partial charge is 0.493 e. The molecule has 1 aromatic rings. The van der Waals surface area contributed by atoms with Gasteiger partial charge in [-0.25, -0.2) is 0 Å². The lowest BCUT2D eigenvalue weighted by molar-refractivity contribution is -0.135. The van der Waals surface area contributed by atoms with Gasteiger partial charge in [0.05, 0.1) is 31.2 Å². The number of Topliss-reactive ketones (excluding diaryl/α,β-unsaturated/α-hetero) is 1. The molecule has 2 heterocycles. The van der Waals surface area contributed by atoms with Crippen LogP contribution in [0.15, 0.2) is 29.5 Å². The van der Waals surface area contributed by atoms with Crippen molar-refractivity contribution in [2.45, 2.75) is 64.5 Å². The minimum Gasteiger partial charge on any atom is -0.493 e. The van der Waals surface area contributed by atoms with Gasteiger partial charge in [-0.15, -0.1) is 0 Å². The van der Waals surface area contributed by atoms with Gasteiger partial charge in [-0.2, -0.15) is 0 Å². The lowest BCUT2D eigenvalue weighted by Gasteiger charge is -2.35. The number of carbonyl (C=O) groups is 2. The van der Waals surface area contributed by atoms with Crippen LogP contribution >= 0.6 is 0 Å². The number of fused-ring (bicyclic) bond motifs is 1. The molecule has 0 radical (unpaired) electrons. The van der Waals surface area contributed by atoms with Gasteiger partial charge in [0.15, 0.2) is 23.0 Å². The zero-order valence-electron chi connectivity index (χ0n) is 19.8. The van der Waals surface area contributed by atoms with E-state index in [1.165, 1.54) is 0 Å². The van der Waals surface area contributed by atoms with Crippen molar-refractivity contribution in [3.05, 3.63) is 35.1 Å². The van der Waals surface area contributed by atoms with Gasteiger partial charge in [-0.05, 0) is 55.7 Å². The van der Waals surface area contributed by atoms with Crippen molar-refractivity contribution in [1.82, 2.24) is 4.90 Å². The third-order valence-electron chi connectivity index (χ3n) is 6.87. The van der Waals surface area contributed by atoms with E-state index in [9.17, 15) is 14.7 Å². The minimum atomic E-state index is -0.548. The Labute approximate surface area is 195 Å². The summed E-state index contributed by atoms with van der Waals surface area (Å²) in [5.74, 6) is 1.51. The van der Waals surface area contributed by atoms with E-state index >= 15 is 0 Å². The first-order chi connectivity index (χ1) is 16.0. The number of hydrogen-bond acceptors (Lipinski definition) is 6. The maximum absolute atomic E-state index is 13.6. The van der Waals surface area contributed by atoms with Crippen LogP contribution in [0.3, 0.4) is 0 Å². The molecule has 1 aliphatic carbocycles.